The van der Waals surface area contributed by atoms with Crippen molar-refractivity contribution in [1.82, 2.24) is 0 Å². The van der Waals surface area contributed by atoms with Crippen molar-refractivity contribution in [3.63, 3.8) is 0 Å². The number of benzene rings is 1. The molecule has 0 fully saturated rings. The molecular formula is C16H19F5O3S. The van der Waals surface area contributed by atoms with E-state index in [1.807, 2.05) is 6.92 Å². The predicted molar refractivity (Wildman–Crippen MR) is 82.9 cm³/mol. The van der Waals surface area contributed by atoms with E-state index in [2.05, 4.69) is 0 Å². The minimum Gasteiger partial charge on any atom is -0.266 e. The molecule has 0 aliphatic rings. The molecule has 142 valence electrons. The van der Waals surface area contributed by atoms with E-state index in [1.54, 1.807) is 12.1 Å². The highest BCUT2D eigenvalue weighted by Gasteiger charge is 2.56. The Labute approximate surface area is 143 Å². The van der Waals surface area contributed by atoms with Gasteiger partial charge in [-0.1, -0.05) is 29.8 Å². The number of alkyl halides is 5. The van der Waals surface area contributed by atoms with Gasteiger partial charge in [0.2, 0.25) is 0 Å². The zero-order chi connectivity index (χ0) is 19.1. The van der Waals surface area contributed by atoms with Crippen LogP contribution in [0.15, 0.2) is 41.3 Å². The molecule has 0 atom stereocenters. The molecule has 0 spiro atoms. The predicted octanol–water partition coefficient (Wildman–Crippen LogP) is 5.01. The van der Waals surface area contributed by atoms with Gasteiger partial charge >= 0.3 is 12.1 Å². The molecule has 0 amide bonds. The first-order chi connectivity index (χ1) is 11.5. The summed E-state index contributed by atoms with van der Waals surface area (Å²) in [5, 5.41) is 0. The second kappa shape index (κ2) is 8.75. The molecule has 0 saturated heterocycles. The summed E-state index contributed by atoms with van der Waals surface area (Å²) < 4.78 is 89.6. The summed E-state index contributed by atoms with van der Waals surface area (Å²) in [6, 6.07) is 6.11. The molecule has 0 aliphatic heterocycles. The average Bonchev–Trinajstić information content (AvgIpc) is 2.49. The molecule has 25 heavy (non-hydrogen) atoms. The fraction of sp³-hybridized carbons (Fsp3) is 0.500. The summed E-state index contributed by atoms with van der Waals surface area (Å²) in [7, 11) is -3.86. The summed E-state index contributed by atoms with van der Waals surface area (Å²) in [6.45, 7) is 1.70. The molecule has 0 radical (unpaired) electrons. The van der Waals surface area contributed by atoms with Crippen LogP contribution < -0.4 is 0 Å². The summed E-state index contributed by atoms with van der Waals surface area (Å²) in [6.07, 6.45) is -4.04. The number of aryl methyl sites for hydroxylation is 1. The summed E-state index contributed by atoms with van der Waals surface area (Å²) in [4.78, 5) is 0.0306. The van der Waals surface area contributed by atoms with Gasteiger partial charge in [-0.05, 0) is 38.3 Å². The van der Waals surface area contributed by atoms with Gasteiger partial charge in [0.25, 0.3) is 10.1 Å². The molecule has 0 N–H and O–H groups in total. The first-order valence-electron chi connectivity index (χ1n) is 7.51. The highest BCUT2D eigenvalue weighted by Crippen LogP contribution is 2.38. The number of unbranched alkanes of at least 4 members (excludes halogenated alkanes) is 1. The van der Waals surface area contributed by atoms with Gasteiger partial charge in [-0.25, -0.2) is 0 Å². The Morgan fingerprint density at radius 3 is 2.12 bits per heavy atom. The number of halogens is 5. The third-order valence-corrected chi connectivity index (χ3v) is 4.60. The van der Waals surface area contributed by atoms with E-state index in [9.17, 15) is 30.4 Å². The number of rotatable bonds is 9. The van der Waals surface area contributed by atoms with E-state index in [4.69, 9.17) is 4.18 Å². The quantitative estimate of drug-likeness (QED) is 0.259. The Balaban J connectivity index is 2.29. The first-order valence-corrected chi connectivity index (χ1v) is 8.92. The van der Waals surface area contributed by atoms with Gasteiger partial charge in [-0.2, -0.15) is 30.4 Å². The molecule has 0 aliphatic carbocycles. The van der Waals surface area contributed by atoms with E-state index in [1.165, 1.54) is 24.3 Å². The molecule has 9 heteroatoms. The SMILES string of the molecule is Cc1ccc(S(=O)(=O)OCCC/C=C/CCC(F)(F)C(F)(F)F)cc1. The van der Waals surface area contributed by atoms with Gasteiger partial charge in [0, 0.05) is 6.42 Å². The van der Waals surface area contributed by atoms with Crippen LogP contribution in [0.3, 0.4) is 0 Å². The van der Waals surface area contributed by atoms with Crippen LogP contribution >= 0.6 is 0 Å². The Morgan fingerprint density at radius 2 is 1.56 bits per heavy atom. The van der Waals surface area contributed by atoms with Gasteiger partial charge < -0.3 is 0 Å². The summed E-state index contributed by atoms with van der Waals surface area (Å²) in [5.74, 6) is -4.71. The minimum absolute atomic E-state index is 0.0306. The van der Waals surface area contributed by atoms with Crippen molar-refractivity contribution in [2.24, 2.45) is 0 Å². The van der Waals surface area contributed by atoms with Crippen molar-refractivity contribution >= 4 is 10.1 Å². The standard InChI is InChI=1S/C16H19F5O3S/c1-13-7-9-14(10-8-13)25(22,23)24-12-6-4-2-3-5-11-15(17,18)16(19,20)21/h2-3,7-10H,4-6,11-12H2,1H3/b3-2+. The lowest BCUT2D eigenvalue weighted by Crippen LogP contribution is -2.35. The number of hydrogen-bond acceptors (Lipinski definition) is 3. The van der Waals surface area contributed by atoms with Crippen LogP contribution in [0.4, 0.5) is 22.0 Å². The van der Waals surface area contributed by atoms with Crippen LogP contribution in [0.25, 0.3) is 0 Å². The Bertz CT molecular complexity index is 664. The maximum Gasteiger partial charge on any atom is 0.453 e. The lowest BCUT2D eigenvalue weighted by Gasteiger charge is -2.18. The smallest absolute Gasteiger partial charge is 0.266 e. The number of hydrogen-bond donors (Lipinski definition) is 0. The maximum atomic E-state index is 12.6. The molecule has 0 heterocycles. The zero-order valence-electron chi connectivity index (χ0n) is 13.5. The highest BCUT2D eigenvalue weighted by molar-refractivity contribution is 7.86. The highest BCUT2D eigenvalue weighted by atomic mass is 32.2. The van der Waals surface area contributed by atoms with Gasteiger partial charge in [0.05, 0.1) is 11.5 Å². The van der Waals surface area contributed by atoms with Crippen molar-refractivity contribution in [2.45, 2.75) is 49.6 Å². The van der Waals surface area contributed by atoms with Gasteiger partial charge in [-0.15, -0.1) is 0 Å². The molecule has 1 aromatic rings. The third kappa shape index (κ3) is 7.11. The van der Waals surface area contributed by atoms with Crippen LogP contribution in [0.2, 0.25) is 0 Å². The normalized spacial score (nSPS) is 13.5. The van der Waals surface area contributed by atoms with Gasteiger partial charge in [-0.3, -0.25) is 4.18 Å². The van der Waals surface area contributed by atoms with Gasteiger partial charge in [0.15, 0.2) is 0 Å². The Hall–Kier alpha value is -1.48. The Kier molecular flexibility index (Phi) is 7.55. The van der Waals surface area contributed by atoms with Crippen molar-refractivity contribution in [3.8, 4) is 0 Å². The van der Waals surface area contributed by atoms with E-state index < -0.39 is 35.1 Å². The summed E-state index contributed by atoms with van der Waals surface area (Å²) in [5.41, 5.74) is 0.903. The van der Waals surface area contributed by atoms with Gasteiger partial charge in [0.1, 0.15) is 0 Å². The molecule has 1 aromatic carbocycles. The fourth-order valence-electron chi connectivity index (χ4n) is 1.78. The van der Waals surface area contributed by atoms with E-state index in [-0.39, 0.29) is 17.9 Å². The second-order valence-electron chi connectivity index (χ2n) is 5.44. The van der Waals surface area contributed by atoms with Crippen LogP contribution in [0.1, 0.15) is 31.2 Å². The zero-order valence-corrected chi connectivity index (χ0v) is 14.3. The molecule has 0 bridgehead atoms. The van der Waals surface area contributed by atoms with E-state index in [0.717, 1.165) is 5.56 Å². The van der Waals surface area contributed by atoms with Crippen LogP contribution in [-0.4, -0.2) is 27.1 Å². The van der Waals surface area contributed by atoms with Crippen LogP contribution in [0.5, 0.6) is 0 Å². The largest absolute Gasteiger partial charge is 0.453 e. The maximum absolute atomic E-state index is 12.6. The van der Waals surface area contributed by atoms with Crippen molar-refractivity contribution in [2.75, 3.05) is 6.61 Å². The monoisotopic (exact) mass is 386 g/mol. The van der Waals surface area contributed by atoms with Crippen molar-refractivity contribution in [3.05, 3.63) is 42.0 Å². The molecule has 0 aromatic heterocycles. The average molecular weight is 386 g/mol. The van der Waals surface area contributed by atoms with E-state index >= 15 is 0 Å². The molecule has 0 unspecified atom stereocenters. The lowest BCUT2D eigenvalue weighted by molar-refractivity contribution is -0.283. The third-order valence-electron chi connectivity index (χ3n) is 3.27. The van der Waals surface area contributed by atoms with Crippen molar-refractivity contribution in [1.29, 1.82) is 0 Å². The summed E-state index contributed by atoms with van der Waals surface area (Å²) >= 11 is 0. The number of allylic oxidation sites excluding steroid dienone is 2. The van der Waals surface area contributed by atoms with Crippen LogP contribution in [-0.2, 0) is 14.3 Å². The lowest BCUT2D eigenvalue weighted by atomic mass is 10.1. The van der Waals surface area contributed by atoms with E-state index in [0.29, 0.717) is 6.42 Å². The van der Waals surface area contributed by atoms with Crippen molar-refractivity contribution < 1.29 is 34.6 Å². The second-order valence-corrected chi connectivity index (χ2v) is 7.06. The molecule has 1 rings (SSSR count). The molecular weight excluding hydrogens is 367 g/mol. The minimum atomic E-state index is -5.54. The first kappa shape index (κ1) is 21.6. The molecule has 0 saturated carbocycles. The molecule has 3 nitrogen and oxygen atoms in total. The van der Waals surface area contributed by atoms with Crippen LogP contribution in [0, 0.1) is 6.92 Å². The Morgan fingerprint density at radius 1 is 1.00 bits per heavy atom. The topological polar surface area (TPSA) is 43.4 Å². The fourth-order valence-corrected chi connectivity index (χ4v) is 2.73.